The molecule has 1 atom stereocenters. The molecule has 0 amide bonds. The molecule has 1 unspecified atom stereocenters. The lowest BCUT2D eigenvalue weighted by Gasteiger charge is -2.01. The zero-order valence-electron chi connectivity index (χ0n) is 7.09. The normalized spacial score (nSPS) is 9.75. The van der Waals surface area contributed by atoms with Crippen molar-refractivity contribution in [3.05, 3.63) is 42.5 Å². The molecule has 0 aliphatic carbocycles. The van der Waals surface area contributed by atoms with Crippen molar-refractivity contribution in [1.29, 1.82) is 0 Å². The summed E-state index contributed by atoms with van der Waals surface area (Å²) in [6.45, 7) is 5.42. The molecule has 0 fully saturated rings. The molecule has 1 aromatic rings. The van der Waals surface area contributed by atoms with Crippen molar-refractivity contribution in [3.63, 3.8) is 0 Å². The van der Waals surface area contributed by atoms with Gasteiger partial charge < -0.3 is 5.32 Å². The summed E-state index contributed by atoms with van der Waals surface area (Å²) in [5.74, 6) is 0. The van der Waals surface area contributed by atoms with Gasteiger partial charge >= 0.3 is 0 Å². The van der Waals surface area contributed by atoms with Crippen LogP contribution in [0.3, 0.4) is 0 Å². The molecule has 0 bridgehead atoms. The zero-order chi connectivity index (χ0) is 8.81. The van der Waals surface area contributed by atoms with Gasteiger partial charge in [0.05, 0.1) is 0 Å². The molecule has 2 heteroatoms. The van der Waals surface area contributed by atoms with Crippen molar-refractivity contribution >= 4 is 14.5 Å². The first-order valence-corrected chi connectivity index (χ1v) is 4.56. The van der Waals surface area contributed by atoms with Gasteiger partial charge in [-0.05, 0) is 10.9 Å². The average molecular weight is 179 g/mol. The van der Waals surface area contributed by atoms with Crippen LogP contribution >= 0.6 is 9.24 Å². The second-order valence-corrected chi connectivity index (χ2v) is 3.33. The molecule has 64 valence electrons. The molecule has 0 saturated heterocycles. The molecule has 1 rings (SSSR count). The van der Waals surface area contributed by atoms with E-state index in [-0.39, 0.29) is 0 Å². The van der Waals surface area contributed by atoms with Crippen LogP contribution in [-0.4, -0.2) is 6.54 Å². The van der Waals surface area contributed by atoms with Gasteiger partial charge in [-0.15, -0.1) is 15.8 Å². The number of hydrogen-bond donors (Lipinski definition) is 1. The van der Waals surface area contributed by atoms with Gasteiger partial charge in [0.25, 0.3) is 0 Å². The maximum absolute atomic E-state index is 3.64. The SMILES string of the molecule is C=CCNCc1ccc(P)cc1. The van der Waals surface area contributed by atoms with Crippen LogP contribution in [0, 0.1) is 0 Å². The first kappa shape index (κ1) is 9.44. The van der Waals surface area contributed by atoms with Gasteiger partial charge in [0.1, 0.15) is 0 Å². The van der Waals surface area contributed by atoms with Gasteiger partial charge in [-0.1, -0.05) is 30.3 Å². The van der Waals surface area contributed by atoms with Crippen LogP contribution in [0.25, 0.3) is 0 Å². The van der Waals surface area contributed by atoms with Crippen LogP contribution in [0.15, 0.2) is 36.9 Å². The summed E-state index contributed by atoms with van der Waals surface area (Å²) in [4.78, 5) is 0. The third-order valence-electron chi connectivity index (χ3n) is 1.60. The maximum Gasteiger partial charge on any atom is 0.0208 e. The topological polar surface area (TPSA) is 12.0 Å². The fourth-order valence-corrected chi connectivity index (χ4v) is 1.15. The van der Waals surface area contributed by atoms with Gasteiger partial charge in [-0.3, -0.25) is 0 Å². The third-order valence-corrected chi connectivity index (χ3v) is 1.98. The van der Waals surface area contributed by atoms with E-state index in [1.165, 1.54) is 10.9 Å². The molecule has 1 nitrogen and oxygen atoms in total. The van der Waals surface area contributed by atoms with Crippen molar-refractivity contribution in [3.8, 4) is 0 Å². The van der Waals surface area contributed by atoms with E-state index in [9.17, 15) is 0 Å². The summed E-state index contributed by atoms with van der Waals surface area (Å²) >= 11 is 0. The van der Waals surface area contributed by atoms with E-state index in [4.69, 9.17) is 0 Å². The van der Waals surface area contributed by atoms with Crippen molar-refractivity contribution in [2.24, 2.45) is 0 Å². The predicted octanol–water partition coefficient (Wildman–Crippen LogP) is 1.46. The summed E-state index contributed by atoms with van der Waals surface area (Å²) in [5.41, 5.74) is 1.31. The molecule has 1 N–H and O–H groups in total. The Morgan fingerprint density at radius 3 is 2.58 bits per heavy atom. The molecule has 0 aromatic heterocycles. The Labute approximate surface area is 76.1 Å². The van der Waals surface area contributed by atoms with Crippen LogP contribution in [0.5, 0.6) is 0 Å². The van der Waals surface area contributed by atoms with Crippen LogP contribution in [0.2, 0.25) is 0 Å². The molecule has 0 radical (unpaired) electrons. The molecule has 0 heterocycles. The second kappa shape index (κ2) is 5.08. The van der Waals surface area contributed by atoms with Crippen molar-refractivity contribution in [2.75, 3.05) is 6.54 Å². The first-order valence-electron chi connectivity index (χ1n) is 3.99. The minimum absolute atomic E-state index is 0.864. The maximum atomic E-state index is 3.64. The number of nitrogens with one attached hydrogen (secondary N) is 1. The smallest absolute Gasteiger partial charge is 0.0208 e. The lowest BCUT2D eigenvalue weighted by atomic mass is 10.2. The fraction of sp³-hybridized carbons (Fsp3) is 0.200. The number of rotatable bonds is 4. The second-order valence-electron chi connectivity index (χ2n) is 2.66. The predicted molar refractivity (Wildman–Crippen MR) is 57.7 cm³/mol. The van der Waals surface area contributed by atoms with Crippen LogP contribution in [0.4, 0.5) is 0 Å². The van der Waals surface area contributed by atoms with Crippen LogP contribution < -0.4 is 10.6 Å². The van der Waals surface area contributed by atoms with Gasteiger partial charge in [-0.25, -0.2) is 0 Å². The lowest BCUT2D eigenvalue weighted by Crippen LogP contribution is -2.12. The summed E-state index contributed by atoms with van der Waals surface area (Å²) in [5, 5.41) is 4.47. The Kier molecular flexibility index (Phi) is 3.99. The minimum Gasteiger partial charge on any atom is -0.309 e. The van der Waals surface area contributed by atoms with Gasteiger partial charge in [-0.2, -0.15) is 0 Å². The van der Waals surface area contributed by atoms with E-state index < -0.39 is 0 Å². The first-order chi connectivity index (χ1) is 5.83. The number of benzene rings is 1. The zero-order valence-corrected chi connectivity index (χ0v) is 8.24. The standard InChI is InChI=1S/C10H14NP/c1-2-7-11-8-9-3-5-10(12)6-4-9/h2-6,11H,1,7-8,12H2. The molecule has 0 aliphatic heterocycles. The molecule has 0 saturated carbocycles. The Morgan fingerprint density at radius 2 is 2.00 bits per heavy atom. The minimum atomic E-state index is 0.864. The highest BCUT2D eigenvalue weighted by molar-refractivity contribution is 7.27. The average Bonchev–Trinajstić information content (AvgIpc) is 2.09. The van der Waals surface area contributed by atoms with Gasteiger partial charge in [0.2, 0.25) is 0 Å². The molecule has 0 spiro atoms. The Morgan fingerprint density at radius 1 is 1.33 bits per heavy atom. The molecule has 12 heavy (non-hydrogen) atoms. The quantitative estimate of drug-likeness (QED) is 0.419. The van der Waals surface area contributed by atoms with E-state index in [2.05, 4.69) is 45.4 Å². The van der Waals surface area contributed by atoms with E-state index in [0.29, 0.717) is 0 Å². The van der Waals surface area contributed by atoms with Gasteiger partial charge in [0.15, 0.2) is 0 Å². The largest absolute Gasteiger partial charge is 0.309 e. The van der Waals surface area contributed by atoms with Crippen molar-refractivity contribution in [1.82, 2.24) is 5.32 Å². The lowest BCUT2D eigenvalue weighted by molar-refractivity contribution is 0.761. The fourth-order valence-electron chi connectivity index (χ4n) is 0.954. The summed E-state index contributed by atoms with van der Waals surface area (Å²) in [6.07, 6.45) is 1.87. The highest BCUT2D eigenvalue weighted by atomic mass is 31.0. The van der Waals surface area contributed by atoms with Crippen molar-refractivity contribution < 1.29 is 0 Å². The highest BCUT2D eigenvalue weighted by Crippen LogP contribution is 1.98. The molecular weight excluding hydrogens is 165 g/mol. The molecular formula is C10H14NP. The Bertz CT molecular complexity index is 241. The van der Waals surface area contributed by atoms with E-state index in [1.54, 1.807) is 0 Å². The van der Waals surface area contributed by atoms with E-state index in [1.807, 2.05) is 6.08 Å². The third kappa shape index (κ3) is 3.17. The molecule has 1 aromatic carbocycles. The Hall–Kier alpha value is -0.650. The van der Waals surface area contributed by atoms with Crippen LogP contribution in [-0.2, 0) is 6.54 Å². The van der Waals surface area contributed by atoms with E-state index >= 15 is 0 Å². The summed E-state index contributed by atoms with van der Waals surface area (Å²) < 4.78 is 0. The monoisotopic (exact) mass is 179 g/mol. The van der Waals surface area contributed by atoms with E-state index in [0.717, 1.165) is 13.1 Å². The summed E-state index contributed by atoms with van der Waals surface area (Å²) in [7, 11) is 2.67. The van der Waals surface area contributed by atoms with Gasteiger partial charge in [0, 0.05) is 13.1 Å². The highest BCUT2D eigenvalue weighted by Gasteiger charge is 1.89. The van der Waals surface area contributed by atoms with Crippen molar-refractivity contribution in [2.45, 2.75) is 6.54 Å². The number of hydrogen-bond acceptors (Lipinski definition) is 1. The Balaban J connectivity index is 2.42. The molecule has 0 aliphatic rings. The van der Waals surface area contributed by atoms with Crippen LogP contribution in [0.1, 0.15) is 5.56 Å². The summed E-state index contributed by atoms with van der Waals surface area (Å²) in [6, 6.07) is 8.43.